The number of aryl methyl sites for hydroxylation is 1. The Kier molecular flexibility index (Phi) is 3.37. The molecule has 94 valence electrons. The van der Waals surface area contributed by atoms with Crippen LogP contribution in [0.3, 0.4) is 0 Å². The van der Waals surface area contributed by atoms with Gasteiger partial charge in [0.2, 0.25) is 0 Å². The molecule has 0 spiro atoms. The summed E-state index contributed by atoms with van der Waals surface area (Å²) < 4.78 is 1.95. The highest BCUT2D eigenvalue weighted by atomic mass is 15.3. The molecule has 2 aromatic rings. The van der Waals surface area contributed by atoms with Gasteiger partial charge in [-0.15, -0.1) is 0 Å². The van der Waals surface area contributed by atoms with E-state index in [4.69, 9.17) is 0 Å². The SMILES string of the molecule is c1cnc2c(c1)CCCC2NCCn1cccn1. The fourth-order valence-electron chi connectivity index (χ4n) is 2.59. The van der Waals surface area contributed by atoms with E-state index in [0.717, 1.165) is 13.1 Å². The van der Waals surface area contributed by atoms with Crippen LogP contribution < -0.4 is 5.32 Å². The molecule has 0 aliphatic heterocycles. The van der Waals surface area contributed by atoms with Crippen molar-refractivity contribution in [2.75, 3.05) is 6.54 Å². The van der Waals surface area contributed by atoms with Crippen molar-refractivity contribution < 1.29 is 0 Å². The number of hydrogen-bond acceptors (Lipinski definition) is 3. The summed E-state index contributed by atoms with van der Waals surface area (Å²) in [5.41, 5.74) is 2.64. The molecule has 0 saturated heterocycles. The number of nitrogens with zero attached hydrogens (tertiary/aromatic N) is 3. The average Bonchev–Trinajstić information content (AvgIpc) is 2.92. The molecule has 4 heteroatoms. The minimum absolute atomic E-state index is 0.408. The molecule has 0 saturated carbocycles. The van der Waals surface area contributed by atoms with Gasteiger partial charge in [-0.2, -0.15) is 5.10 Å². The predicted octanol–water partition coefficient (Wildman–Crippen LogP) is 1.95. The average molecular weight is 242 g/mol. The third-order valence-electron chi connectivity index (χ3n) is 3.49. The zero-order valence-corrected chi connectivity index (χ0v) is 10.4. The third-order valence-corrected chi connectivity index (χ3v) is 3.49. The van der Waals surface area contributed by atoms with Gasteiger partial charge in [0.05, 0.1) is 12.2 Å². The van der Waals surface area contributed by atoms with E-state index >= 15 is 0 Å². The number of fused-ring (bicyclic) bond motifs is 1. The topological polar surface area (TPSA) is 42.7 Å². The van der Waals surface area contributed by atoms with E-state index in [1.54, 1.807) is 0 Å². The Morgan fingerprint density at radius 1 is 1.33 bits per heavy atom. The smallest absolute Gasteiger partial charge is 0.0605 e. The lowest BCUT2D eigenvalue weighted by atomic mass is 9.92. The summed E-state index contributed by atoms with van der Waals surface area (Å²) in [5, 5.41) is 7.80. The summed E-state index contributed by atoms with van der Waals surface area (Å²) >= 11 is 0. The Bertz CT molecular complexity index is 492. The van der Waals surface area contributed by atoms with Gasteiger partial charge in [-0.05, 0) is 37.0 Å². The fourth-order valence-corrected chi connectivity index (χ4v) is 2.59. The first-order valence-electron chi connectivity index (χ1n) is 6.58. The van der Waals surface area contributed by atoms with Crippen LogP contribution in [0.25, 0.3) is 0 Å². The van der Waals surface area contributed by atoms with Gasteiger partial charge in [0.1, 0.15) is 0 Å². The molecule has 0 aromatic carbocycles. The van der Waals surface area contributed by atoms with Crippen LogP contribution in [0.1, 0.15) is 30.1 Å². The van der Waals surface area contributed by atoms with Crippen LogP contribution >= 0.6 is 0 Å². The molecule has 18 heavy (non-hydrogen) atoms. The van der Waals surface area contributed by atoms with Crippen LogP contribution in [0.5, 0.6) is 0 Å². The first-order valence-corrected chi connectivity index (χ1v) is 6.58. The summed E-state index contributed by atoms with van der Waals surface area (Å²) in [5.74, 6) is 0. The molecule has 2 aromatic heterocycles. The van der Waals surface area contributed by atoms with Gasteiger partial charge in [-0.25, -0.2) is 0 Å². The Hall–Kier alpha value is -1.68. The fraction of sp³-hybridized carbons (Fsp3) is 0.429. The Labute approximate surface area is 107 Å². The highest BCUT2D eigenvalue weighted by Gasteiger charge is 2.20. The second-order valence-corrected chi connectivity index (χ2v) is 4.72. The number of rotatable bonds is 4. The van der Waals surface area contributed by atoms with Crippen molar-refractivity contribution in [3.05, 3.63) is 48.0 Å². The minimum Gasteiger partial charge on any atom is -0.307 e. The van der Waals surface area contributed by atoms with E-state index in [-0.39, 0.29) is 0 Å². The van der Waals surface area contributed by atoms with Gasteiger partial charge in [0.25, 0.3) is 0 Å². The minimum atomic E-state index is 0.408. The summed E-state index contributed by atoms with van der Waals surface area (Å²) in [6.45, 7) is 1.84. The van der Waals surface area contributed by atoms with E-state index in [1.165, 1.54) is 30.5 Å². The molecule has 1 aliphatic carbocycles. The molecular formula is C14H18N4. The van der Waals surface area contributed by atoms with Crippen LogP contribution in [-0.4, -0.2) is 21.3 Å². The van der Waals surface area contributed by atoms with Crippen LogP contribution in [0.15, 0.2) is 36.8 Å². The molecule has 1 N–H and O–H groups in total. The molecule has 0 fully saturated rings. The van der Waals surface area contributed by atoms with Crippen molar-refractivity contribution in [3.8, 4) is 0 Å². The van der Waals surface area contributed by atoms with Gasteiger partial charge < -0.3 is 5.32 Å². The van der Waals surface area contributed by atoms with Gasteiger partial charge in [0.15, 0.2) is 0 Å². The van der Waals surface area contributed by atoms with Crippen molar-refractivity contribution in [2.45, 2.75) is 31.8 Å². The molecule has 0 radical (unpaired) electrons. The highest BCUT2D eigenvalue weighted by Crippen LogP contribution is 2.27. The molecule has 0 bridgehead atoms. The summed E-state index contributed by atoms with van der Waals surface area (Å²) in [6.07, 6.45) is 9.31. The largest absolute Gasteiger partial charge is 0.307 e. The van der Waals surface area contributed by atoms with Gasteiger partial charge >= 0.3 is 0 Å². The van der Waals surface area contributed by atoms with Crippen LogP contribution in [0, 0.1) is 0 Å². The number of nitrogens with one attached hydrogen (secondary N) is 1. The van der Waals surface area contributed by atoms with E-state index in [1.807, 2.05) is 35.4 Å². The number of hydrogen-bond donors (Lipinski definition) is 1. The van der Waals surface area contributed by atoms with E-state index in [9.17, 15) is 0 Å². The Balaban J connectivity index is 1.60. The molecule has 2 heterocycles. The maximum Gasteiger partial charge on any atom is 0.0605 e. The normalized spacial score (nSPS) is 18.6. The molecule has 1 aliphatic rings. The summed E-state index contributed by atoms with van der Waals surface area (Å²) in [6, 6.07) is 6.59. The molecule has 1 unspecified atom stereocenters. The van der Waals surface area contributed by atoms with Crippen LogP contribution in [0.2, 0.25) is 0 Å². The van der Waals surface area contributed by atoms with E-state index in [0.29, 0.717) is 6.04 Å². The number of pyridine rings is 1. The van der Waals surface area contributed by atoms with Crippen molar-refractivity contribution in [1.82, 2.24) is 20.1 Å². The van der Waals surface area contributed by atoms with E-state index in [2.05, 4.69) is 21.5 Å². The van der Waals surface area contributed by atoms with Gasteiger partial charge in [-0.3, -0.25) is 9.67 Å². The number of aromatic nitrogens is 3. The quantitative estimate of drug-likeness (QED) is 0.891. The van der Waals surface area contributed by atoms with Crippen LogP contribution in [0.4, 0.5) is 0 Å². The van der Waals surface area contributed by atoms with Crippen molar-refractivity contribution in [3.63, 3.8) is 0 Å². The molecule has 4 nitrogen and oxygen atoms in total. The highest BCUT2D eigenvalue weighted by molar-refractivity contribution is 5.25. The molecule has 0 amide bonds. The van der Waals surface area contributed by atoms with Crippen molar-refractivity contribution in [1.29, 1.82) is 0 Å². The zero-order chi connectivity index (χ0) is 12.2. The van der Waals surface area contributed by atoms with Crippen molar-refractivity contribution in [2.24, 2.45) is 0 Å². The van der Waals surface area contributed by atoms with Crippen LogP contribution in [-0.2, 0) is 13.0 Å². The summed E-state index contributed by atoms with van der Waals surface area (Å²) in [4.78, 5) is 4.53. The zero-order valence-electron chi connectivity index (χ0n) is 10.4. The molecular weight excluding hydrogens is 224 g/mol. The van der Waals surface area contributed by atoms with E-state index < -0.39 is 0 Å². The second kappa shape index (κ2) is 5.31. The lowest BCUT2D eigenvalue weighted by molar-refractivity contribution is 0.428. The lowest BCUT2D eigenvalue weighted by Crippen LogP contribution is -2.29. The lowest BCUT2D eigenvalue weighted by Gasteiger charge is -2.25. The standard InChI is InChI=1S/C14H18N4/c1-4-12-5-2-7-16-14(12)13(6-1)15-9-11-18-10-3-8-17-18/h2-3,5,7-8,10,13,15H,1,4,6,9,11H2. The maximum absolute atomic E-state index is 4.53. The van der Waals surface area contributed by atoms with Gasteiger partial charge in [-0.1, -0.05) is 6.07 Å². The summed E-state index contributed by atoms with van der Waals surface area (Å²) in [7, 11) is 0. The maximum atomic E-state index is 4.53. The first-order chi connectivity index (χ1) is 8.93. The van der Waals surface area contributed by atoms with Gasteiger partial charge in [0, 0.05) is 31.2 Å². The predicted molar refractivity (Wildman–Crippen MR) is 70.1 cm³/mol. The Morgan fingerprint density at radius 3 is 3.22 bits per heavy atom. The monoisotopic (exact) mass is 242 g/mol. The molecule has 1 atom stereocenters. The second-order valence-electron chi connectivity index (χ2n) is 4.72. The Morgan fingerprint density at radius 2 is 2.33 bits per heavy atom. The molecule has 3 rings (SSSR count). The third kappa shape index (κ3) is 2.43. The van der Waals surface area contributed by atoms with Crippen molar-refractivity contribution >= 4 is 0 Å². The first kappa shape index (κ1) is 11.4.